The molecule has 2 saturated heterocycles. The van der Waals surface area contributed by atoms with Crippen LogP contribution in [0.1, 0.15) is 35.3 Å². The van der Waals surface area contributed by atoms with Crippen molar-refractivity contribution in [3.05, 3.63) is 35.8 Å². The second kappa shape index (κ2) is 8.28. The monoisotopic (exact) mass is 453 g/mol. The molecule has 10 heteroatoms. The molecular weight excluding hydrogens is 425 g/mol. The Hall–Kier alpha value is -2.80. The first kappa shape index (κ1) is 21.1. The van der Waals surface area contributed by atoms with Gasteiger partial charge in [0.1, 0.15) is 11.5 Å². The molecule has 0 radical (unpaired) electrons. The molecule has 2 amide bonds. The fourth-order valence-corrected chi connectivity index (χ4v) is 5.31. The third kappa shape index (κ3) is 3.90. The van der Waals surface area contributed by atoms with Crippen molar-refractivity contribution in [2.45, 2.75) is 43.9 Å². The van der Waals surface area contributed by atoms with Crippen LogP contribution in [0.15, 0.2) is 24.5 Å². The van der Waals surface area contributed by atoms with Crippen LogP contribution >= 0.6 is 9.24 Å². The van der Waals surface area contributed by atoms with E-state index in [9.17, 15) is 9.59 Å². The molecule has 1 saturated carbocycles. The number of amides is 2. The molecule has 2 bridgehead atoms. The summed E-state index contributed by atoms with van der Waals surface area (Å²) in [6, 6.07) is 4.29. The van der Waals surface area contributed by atoms with E-state index in [2.05, 4.69) is 39.6 Å². The van der Waals surface area contributed by atoms with Crippen LogP contribution in [0.25, 0.3) is 0 Å². The second-order valence-electron chi connectivity index (χ2n) is 8.87. The summed E-state index contributed by atoms with van der Waals surface area (Å²) >= 11 is 0. The summed E-state index contributed by atoms with van der Waals surface area (Å²) in [5.74, 6) is 1.66. The van der Waals surface area contributed by atoms with E-state index in [-0.39, 0.29) is 23.9 Å². The zero-order valence-electron chi connectivity index (χ0n) is 18.3. The Kier molecular flexibility index (Phi) is 5.45. The Morgan fingerprint density at radius 1 is 1.19 bits per heavy atom. The number of carbonyl (C=O) groups is 2. The molecule has 1 aliphatic carbocycles. The van der Waals surface area contributed by atoms with Crippen molar-refractivity contribution >= 4 is 38.5 Å². The number of piperazine rings is 1. The highest BCUT2D eigenvalue weighted by Gasteiger charge is 2.49. The van der Waals surface area contributed by atoms with Crippen LogP contribution in [-0.4, -0.2) is 69.5 Å². The van der Waals surface area contributed by atoms with Crippen molar-refractivity contribution in [2.24, 2.45) is 5.92 Å². The van der Waals surface area contributed by atoms with E-state index >= 15 is 0 Å². The number of hydrogen-bond donors (Lipinski definition) is 2. The largest absolute Gasteiger partial charge is 0.354 e. The van der Waals surface area contributed by atoms with E-state index in [0.717, 1.165) is 49.4 Å². The van der Waals surface area contributed by atoms with Gasteiger partial charge >= 0.3 is 0 Å². The summed E-state index contributed by atoms with van der Waals surface area (Å²) in [4.78, 5) is 42.5. The summed E-state index contributed by atoms with van der Waals surface area (Å²) in [6.07, 6.45) is 6.46. The van der Waals surface area contributed by atoms with Gasteiger partial charge < -0.3 is 20.4 Å². The number of carbonyl (C=O) groups excluding carboxylic acids is 2. The molecule has 5 rings (SSSR count). The van der Waals surface area contributed by atoms with Gasteiger partial charge in [0.05, 0.1) is 11.9 Å². The zero-order chi connectivity index (χ0) is 22.4. The van der Waals surface area contributed by atoms with Crippen LogP contribution in [0.5, 0.6) is 0 Å². The summed E-state index contributed by atoms with van der Waals surface area (Å²) < 4.78 is 0. The molecule has 2 aromatic rings. The SMILES string of the molecule is CNC(=O)c1ncc(Nc2nccc(N3C[C@H]4CC[C@@H](C3)N4C(=O)[C@H]3C[C@@H]3P)n2)cc1C. The zero-order valence-corrected chi connectivity index (χ0v) is 19.4. The molecule has 2 N–H and O–H groups in total. The van der Waals surface area contributed by atoms with Gasteiger partial charge in [-0.05, 0) is 49.5 Å². The van der Waals surface area contributed by atoms with E-state index in [1.807, 2.05) is 19.1 Å². The number of anilines is 3. The van der Waals surface area contributed by atoms with Gasteiger partial charge in [-0.2, -0.15) is 4.98 Å². The Morgan fingerprint density at radius 2 is 1.91 bits per heavy atom. The predicted molar refractivity (Wildman–Crippen MR) is 125 cm³/mol. The average Bonchev–Trinajstić information content (AvgIpc) is 3.46. The first-order chi connectivity index (χ1) is 15.4. The van der Waals surface area contributed by atoms with E-state index in [1.54, 1.807) is 19.4 Å². The predicted octanol–water partition coefficient (Wildman–Crippen LogP) is 1.73. The van der Waals surface area contributed by atoms with Crippen LogP contribution in [0.3, 0.4) is 0 Å². The van der Waals surface area contributed by atoms with E-state index in [4.69, 9.17) is 4.98 Å². The highest BCUT2D eigenvalue weighted by Crippen LogP contribution is 2.43. The minimum absolute atomic E-state index is 0.205. The van der Waals surface area contributed by atoms with Crippen LogP contribution in [0.2, 0.25) is 0 Å². The van der Waals surface area contributed by atoms with Crippen molar-refractivity contribution in [3.63, 3.8) is 0 Å². The standard InChI is InChI=1S/C22H28N7O2P/c1-12-7-13(9-25-19(12)20(30)23-2)26-22-24-6-5-18(27-22)28-10-14-3-4-15(11-28)29(14)21(31)16-8-17(16)32/h5-7,9,14-17H,3-4,8,10-11,32H2,1-2H3,(H,23,30)(H,24,26,27)/t14-,15+,16-,17-/m0/s1. The third-order valence-corrected chi connectivity index (χ3v) is 7.37. The highest BCUT2D eigenvalue weighted by molar-refractivity contribution is 7.18. The maximum atomic E-state index is 12.9. The molecule has 5 atom stereocenters. The normalized spacial score (nSPS) is 26.1. The lowest BCUT2D eigenvalue weighted by atomic mass is 10.1. The molecule has 3 fully saturated rings. The van der Waals surface area contributed by atoms with E-state index in [0.29, 0.717) is 23.2 Å². The fraction of sp³-hybridized carbons (Fsp3) is 0.500. The number of pyridine rings is 1. The molecule has 3 aliphatic rings. The second-order valence-corrected chi connectivity index (χ2v) is 9.73. The van der Waals surface area contributed by atoms with Crippen LogP contribution in [0, 0.1) is 12.8 Å². The Labute approximate surface area is 189 Å². The summed E-state index contributed by atoms with van der Waals surface area (Å²) in [5, 5.41) is 5.78. The minimum atomic E-state index is -0.213. The van der Waals surface area contributed by atoms with Gasteiger partial charge in [0.2, 0.25) is 11.9 Å². The molecule has 4 heterocycles. The van der Waals surface area contributed by atoms with Crippen molar-refractivity contribution in [1.29, 1.82) is 0 Å². The van der Waals surface area contributed by atoms with Crippen LogP contribution in [-0.2, 0) is 4.79 Å². The van der Waals surface area contributed by atoms with Crippen LogP contribution < -0.4 is 15.5 Å². The third-order valence-electron chi connectivity index (χ3n) is 6.64. The Bertz CT molecular complexity index is 1050. The minimum Gasteiger partial charge on any atom is -0.354 e. The van der Waals surface area contributed by atoms with Gasteiger partial charge in [0.15, 0.2) is 0 Å². The van der Waals surface area contributed by atoms with Crippen molar-refractivity contribution in [1.82, 2.24) is 25.2 Å². The maximum absolute atomic E-state index is 12.9. The molecule has 32 heavy (non-hydrogen) atoms. The molecule has 168 valence electrons. The quantitative estimate of drug-likeness (QED) is 0.665. The fourth-order valence-electron chi connectivity index (χ4n) is 4.85. The Morgan fingerprint density at radius 3 is 2.53 bits per heavy atom. The Balaban J connectivity index is 1.29. The number of fused-ring (bicyclic) bond motifs is 2. The lowest BCUT2D eigenvalue weighted by molar-refractivity contribution is -0.135. The van der Waals surface area contributed by atoms with Crippen molar-refractivity contribution < 1.29 is 9.59 Å². The van der Waals surface area contributed by atoms with Gasteiger partial charge in [-0.25, -0.2) is 9.97 Å². The van der Waals surface area contributed by atoms with Gasteiger partial charge in [-0.3, -0.25) is 9.59 Å². The molecule has 0 aromatic carbocycles. The number of aryl methyl sites for hydroxylation is 1. The number of nitrogens with one attached hydrogen (secondary N) is 2. The van der Waals surface area contributed by atoms with Crippen LogP contribution in [0.4, 0.5) is 17.5 Å². The van der Waals surface area contributed by atoms with Crippen molar-refractivity contribution in [2.75, 3.05) is 30.4 Å². The first-order valence-corrected chi connectivity index (χ1v) is 11.7. The van der Waals surface area contributed by atoms with Gasteiger partial charge in [-0.1, -0.05) is 0 Å². The average molecular weight is 453 g/mol. The molecular formula is C22H28N7O2P. The lowest BCUT2D eigenvalue weighted by Gasteiger charge is -2.41. The van der Waals surface area contributed by atoms with E-state index < -0.39 is 0 Å². The topological polar surface area (TPSA) is 103 Å². The van der Waals surface area contributed by atoms with Gasteiger partial charge in [0, 0.05) is 44.3 Å². The number of hydrogen-bond acceptors (Lipinski definition) is 7. The molecule has 1 unspecified atom stereocenters. The smallest absolute Gasteiger partial charge is 0.269 e. The number of aromatic nitrogens is 3. The number of rotatable bonds is 5. The maximum Gasteiger partial charge on any atom is 0.269 e. The first-order valence-electron chi connectivity index (χ1n) is 11.1. The van der Waals surface area contributed by atoms with Gasteiger partial charge in [-0.15, -0.1) is 9.24 Å². The summed E-state index contributed by atoms with van der Waals surface area (Å²) in [6.45, 7) is 3.44. The van der Waals surface area contributed by atoms with Crippen molar-refractivity contribution in [3.8, 4) is 0 Å². The van der Waals surface area contributed by atoms with Gasteiger partial charge in [0.25, 0.3) is 5.91 Å². The molecule has 2 aromatic heterocycles. The van der Waals surface area contributed by atoms with E-state index in [1.165, 1.54) is 0 Å². The molecule has 0 spiro atoms. The molecule has 2 aliphatic heterocycles. The highest BCUT2D eigenvalue weighted by atomic mass is 31.0. The lowest BCUT2D eigenvalue weighted by Crippen LogP contribution is -2.56. The summed E-state index contributed by atoms with van der Waals surface area (Å²) in [7, 11) is 4.38. The summed E-state index contributed by atoms with van der Waals surface area (Å²) in [5.41, 5.74) is 2.35. The number of nitrogens with zero attached hydrogens (tertiary/aromatic N) is 5. The molecule has 9 nitrogen and oxygen atoms in total.